The molecule has 0 aromatic heterocycles. The molecular weight excluding hydrogens is 249 g/mol. The van der Waals surface area contributed by atoms with Gasteiger partial charge in [-0.2, -0.15) is 0 Å². The molecule has 6 heteroatoms. The van der Waals surface area contributed by atoms with Crippen molar-refractivity contribution in [3.63, 3.8) is 0 Å². The Balaban J connectivity index is 2.11. The van der Waals surface area contributed by atoms with Gasteiger partial charge < -0.3 is 15.0 Å². The fourth-order valence-corrected chi connectivity index (χ4v) is 2.04. The number of hydrogen-bond donors (Lipinski definition) is 1. The quantitative estimate of drug-likeness (QED) is 0.878. The van der Waals surface area contributed by atoms with Gasteiger partial charge in [0.2, 0.25) is 0 Å². The molecule has 2 rings (SSSR count). The van der Waals surface area contributed by atoms with Gasteiger partial charge in [-0.1, -0.05) is 0 Å². The summed E-state index contributed by atoms with van der Waals surface area (Å²) in [6.45, 7) is 2.91. The van der Waals surface area contributed by atoms with Crippen LogP contribution in [0.25, 0.3) is 0 Å². The lowest BCUT2D eigenvalue weighted by molar-refractivity contribution is 0.198. The van der Waals surface area contributed by atoms with Crippen LogP contribution in [0.3, 0.4) is 0 Å². The summed E-state index contributed by atoms with van der Waals surface area (Å²) in [6.07, 6.45) is 0. The summed E-state index contributed by atoms with van der Waals surface area (Å²) in [7, 11) is 3.05. The number of halogens is 1. The lowest BCUT2D eigenvalue weighted by Crippen LogP contribution is -2.50. The molecule has 2 amide bonds. The van der Waals surface area contributed by atoms with Crippen molar-refractivity contribution in [3.05, 3.63) is 24.0 Å². The van der Waals surface area contributed by atoms with E-state index in [0.717, 1.165) is 13.1 Å². The topological polar surface area (TPSA) is 44.8 Å². The van der Waals surface area contributed by atoms with Gasteiger partial charge >= 0.3 is 6.03 Å². The van der Waals surface area contributed by atoms with E-state index in [4.69, 9.17) is 4.74 Å². The lowest BCUT2D eigenvalue weighted by Gasteiger charge is -2.31. The van der Waals surface area contributed by atoms with Crippen LogP contribution in [0.1, 0.15) is 0 Å². The van der Waals surface area contributed by atoms with Crippen molar-refractivity contribution in [1.82, 2.24) is 10.2 Å². The largest absolute Gasteiger partial charge is 0.494 e. The Hall–Kier alpha value is -1.82. The molecule has 104 valence electrons. The average molecular weight is 267 g/mol. The van der Waals surface area contributed by atoms with E-state index in [1.165, 1.54) is 24.1 Å². The number of nitrogens with zero attached hydrogens (tertiary/aromatic N) is 2. The Labute approximate surface area is 111 Å². The van der Waals surface area contributed by atoms with Gasteiger partial charge in [-0.15, -0.1) is 0 Å². The number of anilines is 1. The molecule has 0 unspecified atom stereocenters. The molecule has 0 radical (unpaired) electrons. The van der Waals surface area contributed by atoms with Crippen molar-refractivity contribution in [2.24, 2.45) is 0 Å². The van der Waals surface area contributed by atoms with Crippen LogP contribution >= 0.6 is 0 Å². The summed E-state index contributed by atoms with van der Waals surface area (Å²) in [5.41, 5.74) is 0.516. The number of ether oxygens (including phenoxy) is 1. The van der Waals surface area contributed by atoms with Gasteiger partial charge in [0.05, 0.1) is 7.11 Å². The normalized spacial score (nSPS) is 15.2. The Bertz CT molecular complexity index is 461. The van der Waals surface area contributed by atoms with Gasteiger partial charge in [-0.05, 0) is 12.1 Å². The molecule has 1 aliphatic heterocycles. The van der Waals surface area contributed by atoms with Crippen molar-refractivity contribution < 1.29 is 13.9 Å². The van der Waals surface area contributed by atoms with Crippen LogP contribution in [-0.4, -0.2) is 51.3 Å². The van der Waals surface area contributed by atoms with Crippen LogP contribution in [0.4, 0.5) is 14.9 Å². The first-order valence-corrected chi connectivity index (χ1v) is 6.20. The van der Waals surface area contributed by atoms with E-state index in [9.17, 15) is 9.18 Å². The van der Waals surface area contributed by atoms with Crippen LogP contribution in [0.5, 0.6) is 5.75 Å². The fraction of sp³-hybridized carbons (Fsp3) is 0.462. The third-order valence-corrected chi connectivity index (χ3v) is 3.20. The number of urea groups is 1. The molecule has 0 aliphatic carbocycles. The van der Waals surface area contributed by atoms with Crippen molar-refractivity contribution in [3.8, 4) is 5.75 Å². The van der Waals surface area contributed by atoms with Crippen molar-refractivity contribution in [2.75, 3.05) is 45.2 Å². The standard InChI is InChI=1S/C13H18FN3O2/c1-16(13(18)17-7-5-15-6-8-17)10-3-4-12(19-2)11(14)9-10/h3-4,9,15H,5-8H2,1-2H3. The Morgan fingerprint density at radius 3 is 2.68 bits per heavy atom. The summed E-state index contributed by atoms with van der Waals surface area (Å²) in [4.78, 5) is 15.4. The SMILES string of the molecule is COc1ccc(N(C)C(=O)N2CCNCC2)cc1F. The smallest absolute Gasteiger partial charge is 0.324 e. The van der Waals surface area contributed by atoms with E-state index in [1.807, 2.05) is 0 Å². The minimum absolute atomic E-state index is 0.119. The maximum Gasteiger partial charge on any atom is 0.324 e. The first-order valence-electron chi connectivity index (χ1n) is 6.20. The van der Waals surface area contributed by atoms with E-state index in [-0.39, 0.29) is 11.8 Å². The van der Waals surface area contributed by atoms with Gasteiger partial charge in [-0.3, -0.25) is 4.90 Å². The molecule has 0 spiro atoms. The molecule has 19 heavy (non-hydrogen) atoms. The van der Waals surface area contributed by atoms with Crippen LogP contribution in [-0.2, 0) is 0 Å². The highest BCUT2D eigenvalue weighted by molar-refractivity contribution is 5.91. The third kappa shape index (κ3) is 2.96. The number of carbonyl (C=O) groups is 1. The highest BCUT2D eigenvalue weighted by atomic mass is 19.1. The van der Waals surface area contributed by atoms with Gasteiger partial charge in [-0.25, -0.2) is 9.18 Å². The molecular formula is C13H18FN3O2. The van der Waals surface area contributed by atoms with Crippen molar-refractivity contribution in [1.29, 1.82) is 0 Å². The number of carbonyl (C=O) groups excluding carboxylic acids is 1. The third-order valence-electron chi connectivity index (χ3n) is 3.20. The fourth-order valence-electron chi connectivity index (χ4n) is 2.04. The maximum absolute atomic E-state index is 13.6. The molecule has 0 atom stereocenters. The highest BCUT2D eigenvalue weighted by Crippen LogP contribution is 2.23. The summed E-state index contributed by atoms with van der Waals surface area (Å²) >= 11 is 0. The average Bonchev–Trinajstić information content (AvgIpc) is 2.46. The van der Waals surface area contributed by atoms with Gasteiger partial charge in [0.15, 0.2) is 11.6 Å². The predicted molar refractivity (Wildman–Crippen MR) is 71.2 cm³/mol. The minimum Gasteiger partial charge on any atom is -0.494 e. The Morgan fingerprint density at radius 2 is 2.11 bits per heavy atom. The Kier molecular flexibility index (Phi) is 4.21. The molecule has 1 N–H and O–H groups in total. The zero-order valence-corrected chi connectivity index (χ0v) is 11.1. The molecule has 1 saturated heterocycles. The monoisotopic (exact) mass is 267 g/mol. The second-order valence-electron chi connectivity index (χ2n) is 4.40. The first kappa shape index (κ1) is 13.6. The second kappa shape index (κ2) is 5.88. The summed E-state index contributed by atoms with van der Waals surface area (Å²) in [5, 5.41) is 3.18. The van der Waals surface area contributed by atoms with Crippen LogP contribution < -0.4 is 15.0 Å². The zero-order chi connectivity index (χ0) is 13.8. The molecule has 0 bridgehead atoms. The second-order valence-corrected chi connectivity index (χ2v) is 4.40. The van der Waals surface area contributed by atoms with Crippen LogP contribution in [0.15, 0.2) is 18.2 Å². The predicted octanol–water partition coefficient (Wildman–Crippen LogP) is 1.30. The minimum atomic E-state index is -0.472. The zero-order valence-electron chi connectivity index (χ0n) is 11.1. The molecule has 1 heterocycles. The van der Waals surface area contributed by atoms with Crippen molar-refractivity contribution in [2.45, 2.75) is 0 Å². The van der Waals surface area contributed by atoms with Crippen LogP contribution in [0, 0.1) is 5.82 Å². The number of methoxy groups -OCH3 is 1. The number of benzene rings is 1. The Morgan fingerprint density at radius 1 is 1.42 bits per heavy atom. The highest BCUT2D eigenvalue weighted by Gasteiger charge is 2.21. The molecule has 1 fully saturated rings. The van der Waals surface area contributed by atoms with Gasteiger partial charge in [0.25, 0.3) is 0 Å². The van der Waals surface area contributed by atoms with E-state index < -0.39 is 5.82 Å². The summed E-state index contributed by atoms with van der Waals surface area (Å²) in [6, 6.07) is 4.37. The van der Waals surface area contributed by atoms with Crippen LogP contribution in [0.2, 0.25) is 0 Å². The molecule has 5 nitrogen and oxygen atoms in total. The number of piperazine rings is 1. The summed E-state index contributed by atoms with van der Waals surface area (Å²) < 4.78 is 18.5. The number of nitrogens with one attached hydrogen (secondary N) is 1. The van der Waals surface area contributed by atoms with E-state index in [2.05, 4.69) is 5.32 Å². The van der Waals surface area contributed by atoms with Gasteiger partial charge in [0.1, 0.15) is 0 Å². The van der Waals surface area contributed by atoms with E-state index >= 15 is 0 Å². The number of rotatable bonds is 2. The molecule has 0 saturated carbocycles. The lowest BCUT2D eigenvalue weighted by atomic mass is 10.2. The number of hydrogen-bond acceptors (Lipinski definition) is 3. The maximum atomic E-state index is 13.6. The van der Waals surface area contributed by atoms with E-state index in [1.54, 1.807) is 18.0 Å². The van der Waals surface area contributed by atoms with E-state index in [0.29, 0.717) is 18.8 Å². The molecule has 1 aliphatic rings. The summed E-state index contributed by atoms with van der Waals surface area (Å²) in [5.74, 6) is -0.299. The molecule has 1 aromatic rings. The number of amides is 2. The van der Waals surface area contributed by atoms with Gasteiger partial charge in [0, 0.05) is 45.0 Å². The van der Waals surface area contributed by atoms with Crippen molar-refractivity contribution >= 4 is 11.7 Å². The molecule has 1 aromatic carbocycles. The first-order chi connectivity index (χ1) is 9.13.